The first-order chi connectivity index (χ1) is 12.1. The largest absolute Gasteiger partial charge is 0.488 e. The lowest BCUT2D eigenvalue weighted by atomic mass is 10.2. The Morgan fingerprint density at radius 1 is 1.12 bits per heavy atom. The summed E-state index contributed by atoms with van der Waals surface area (Å²) in [4.78, 5) is 16.6. The standard InChI is InChI=1S/C19H14BrClN2O2/c20-14-6-7-18(25-12-13-4-2-1-3-5-13)17(8-14)19(24)23-16-9-15(21)10-22-11-16/h1-11H,12H2,(H,23,24). The molecule has 1 heterocycles. The van der Waals surface area contributed by atoms with Crippen LogP contribution in [0.15, 0.2) is 71.5 Å². The predicted octanol–water partition coefficient (Wildman–Crippen LogP) is 5.33. The van der Waals surface area contributed by atoms with Crippen molar-refractivity contribution in [3.63, 3.8) is 0 Å². The van der Waals surface area contributed by atoms with Crippen LogP contribution in [0.5, 0.6) is 5.75 Å². The summed E-state index contributed by atoms with van der Waals surface area (Å²) in [6, 6.07) is 16.7. The third kappa shape index (κ3) is 4.81. The molecule has 0 saturated heterocycles. The van der Waals surface area contributed by atoms with E-state index in [2.05, 4.69) is 26.2 Å². The summed E-state index contributed by atoms with van der Waals surface area (Å²) < 4.78 is 6.62. The van der Waals surface area contributed by atoms with Gasteiger partial charge in [-0.15, -0.1) is 0 Å². The van der Waals surface area contributed by atoms with E-state index in [0.29, 0.717) is 28.6 Å². The summed E-state index contributed by atoms with van der Waals surface area (Å²) in [5.74, 6) is 0.202. The van der Waals surface area contributed by atoms with E-state index in [1.165, 1.54) is 12.4 Å². The van der Waals surface area contributed by atoms with Crippen molar-refractivity contribution >= 4 is 39.1 Å². The number of nitrogens with zero attached hydrogens (tertiary/aromatic N) is 1. The number of hydrogen-bond donors (Lipinski definition) is 1. The minimum absolute atomic E-state index is 0.298. The second kappa shape index (κ2) is 8.14. The van der Waals surface area contributed by atoms with E-state index in [0.717, 1.165) is 10.0 Å². The molecule has 0 spiro atoms. The quantitative estimate of drug-likeness (QED) is 0.610. The first-order valence-corrected chi connectivity index (χ1v) is 8.67. The first-order valence-electron chi connectivity index (χ1n) is 7.50. The van der Waals surface area contributed by atoms with Crippen LogP contribution in [0.1, 0.15) is 15.9 Å². The van der Waals surface area contributed by atoms with E-state index in [1.54, 1.807) is 18.2 Å². The van der Waals surface area contributed by atoms with Crippen LogP contribution < -0.4 is 10.1 Å². The fraction of sp³-hybridized carbons (Fsp3) is 0.0526. The number of benzene rings is 2. The number of pyridine rings is 1. The number of halogens is 2. The summed E-state index contributed by atoms with van der Waals surface area (Å²) in [7, 11) is 0. The zero-order valence-corrected chi connectivity index (χ0v) is 15.4. The van der Waals surface area contributed by atoms with Crippen molar-refractivity contribution < 1.29 is 9.53 Å². The smallest absolute Gasteiger partial charge is 0.259 e. The molecule has 1 N–H and O–H groups in total. The second-order valence-electron chi connectivity index (χ2n) is 5.26. The van der Waals surface area contributed by atoms with Gasteiger partial charge in [-0.05, 0) is 29.8 Å². The molecule has 1 aromatic heterocycles. The third-order valence-corrected chi connectivity index (χ3v) is 4.09. The van der Waals surface area contributed by atoms with Crippen LogP contribution in [0.2, 0.25) is 5.02 Å². The topological polar surface area (TPSA) is 51.2 Å². The molecule has 2 aromatic carbocycles. The highest BCUT2D eigenvalue weighted by Crippen LogP contribution is 2.25. The number of hydrogen-bond acceptors (Lipinski definition) is 3. The van der Waals surface area contributed by atoms with E-state index >= 15 is 0 Å². The molecule has 3 rings (SSSR count). The molecule has 25 heavy (non-hydrogen) atoms. The third-order valence-electron chi connectivity index (χ3n) is 3.39. The van der Waals surface area contributed by atoms with Crippen molar-refractivity contribution in [1.29, 1.82) is 0 Å². The van der Waals surface area contributed by atoms with Gasteiger partial charge in [0.25, 0.3) is 5.91 Å². The Labute approximate surface area is 158 Å². The maximum Gasteiger partial charge on any atom is 0.259 e. The van der Waals surface area contributed by atoms with Gasteiger partial charge >= 0.3 is 0 Å². The summed E-state index contributed by atoms with van der Waals surface area (Å²) in [5, 5.41) is 3.23. The monoisotopic (exact) mass is 416 g/mol. The number of carbonyl (C=O) groups excluding carboxylic acids is 1. The summed E-state index contributed by atoms with van der Waals surface area (Å²) in [6.45, 7) is 0.376. The molecule has 0 fully saturated rings. The molecule has 0 aliphatic heterocycles. The molecule has 126 valence electrons. The van der Waals surface area contributed by atoms with Crippen molar-refractivity contribution in [1.82, 2.24) is 4.98 Å². The Morgan fingerprint density at radius 3 is 2.68 bits per heavy atom. The number of carbonyl (C=O) groups is 1. The molecule has 0 bridgehead atoms. The molecule has 3 aromatic rings. The molecule has 6 heteroatoms. The van der Waals surface area contributed by atoms with E-state index in [1.807, 2.05) is 36.4 Å². The Morgan fingerprint density at radius 2 is 1.92 bits per heavy atom. The van der Waals surface area contributed by atoms with Crippen molar-refractivity contribution in [3.05, 3.63) is 87.6 Å². The fourth-order valence-electron chi connectivity index (χ4n) is 2.22. The van der Waals surface area contributed by atoms with Crippen LogP contribution in [-0.2, 0) is 6.61 Å². The molecular weight excluding hydrogens is 404 g/mol. The minimum atomic E-state index is -0.298. The lowest BCUT2D eigenvalue weighted by molar-refractivity contribution is 0.102. The average molecular weight is 418 g/mol. The molecule has 0 unspecified atom stereocenters. The number of anilines is 1. The molecule has 0 saturated carbocycles. The number of amides is 1. The van der Waals surface area contributed by atoms with Gasteiger partial charge in [0.05, 0.1) is 22.5 Å². The molecular formula is C19H14BrClN2O2. The van der Waals surface area contributed by atoms with E-state index in [4.69, 9.17) is 16.3 Å². The normalized spacial score (nSPS) is 10.3. The van der Waals surface area contributed by atoms with E-state index < -0.39 is 0 Å². The first kappa shape index (κ1) is 17.5. The zero-order valence-electron chi connectivity index (χ0n) is 13.1. The van der Waals surface area contributed by atoms with Gasteiger partial charge < -0.3 is 10.1 Å². The van der Waals surface area contributed by atoms with Gasteiger partial charge in [0.1, 0.15) is 12.4 Å². The molecule has 0 aliphatic rings. The van der Waals surface area contributed by atoms with Gasteiger partial charge in [0, 0.05) is 10.7 Å². The molecule has 0 radical (unpaired) electrons. The molecule has 0 aliphatic carbocycles. The Hall–Kier alpha value is -2.37. The average Bonchev–Trinajstić information content (AvgIpc) is 2.61. The number of aromatic nitrogens is 1. The predicted molar refractivity (Wildman–Crippen MR) is 102 cm³/mol. The number of rotatable bonds is 5. The molecule has 0 atom stereocenters. The van der Waals surface area contributed by atoms with Crippen LogP contribution in [0.25, 0.3) is 0 Å². The van der Waals surface area contributed by atoms with Gasteiger partial charge in [-0.25, -0.2) is 0 Å². The second-order valence-corrected chi connectivity index (χ2v) is 6.61. The van der Waals surface area contributed by atoms with Gasteiger partial charge in [-0.3, -0.25) is 9.78 Å². The van der Waals surface area contributed by atoms with Crippen LogP contribution >= 0.6 is 27.5 Å². The highest BCUT2D eigenvalue weighted by Gasteiger charge is 2.14. The SMILES string of the molecule is O=C(Nc1cncc(Cl)c1)c1cc(Br)ccc1OCc1ccccc1. The van der Waals surface area contributed by atoms with Crippen molar-refractivity contribution in [2.45, 2.75) is 6.61 Å². The fourth-order valence-corrected chi connectivity index (χ4v) is 2.75. The highest BCUT2D eigenvalue weighted by atomic mass is 79.9. The van der Waals surface area contributed by atoms with Crippen molar-refractivity contribution in [3.8, 4) is 5.75 Å². The van der Waals surface area contributed by atoms with Gasteiger partial charge in [0.15, 0.2) is 0 Å². The van der Waals surface area contributed by atoms with Crippen LogP contribution in [0.4, 0.5) is 5.69 Å². The van der Waals surface area contributed by atoms with Gasteiger partial charge in [0.2, 0.25) is 0 Å². The summed E-state index contributed by atoms with van der Waals surface area (Å²) >= 11 is 9.29. The zero-order chi connectivity index (χ0) is 17.6. The number of nitrogens with one attached hydrogen (secondary N) is 1. The highest BCUT2D eigenvalue weighted by molar-refractivity contribution is 9.10. The van der Waals surface area contributed by atoms with Crippen LogP contribution in [0.3, 0.4) is 0 Å². The maximum absolute atomic E-state index is 12.6. The van der Waals surface area contributed by atoms with Gasteiger partial charge in [-0.1, -0.05) is 57.9 Å². The van der Waals surface area contributed by atoms with Crippen LogP contribution in [0, 0.1) is 0 Å². The number of ether oxygens (including phenoxy) is 1. The van der Waals surface area contributed by atoms with Crippen LogP contribution in [-0.4, -0.2) is 10.9 Å². The van der Waals surface area contributed by atoms with Crippen molar-refractivity contribution in [2.24, 2.45) is 0 Å². The molecule has 1 amide bonds. The Kier molecular flexibility index (Phi) is 5.68. The Bertz CT molecular complexity index is 888. The lowest BCUT2D eigenvalue weighted by Gasteiger charge is -2.12. The maximum atomic E-state index is 12.6. The van der Waals surface area contributed by atoms with E-state index in [9.17, 15) is 4.79 Å². The Balaban J connectivity index is 1.79. The lowest BCUT2D eigenvalue weighted by Crippen LogP contribution is -2.14. The van der Waals surface area contributed by atoms with Crippen molar-refractivity contribution in [2.75, 3.05) is 5.32 Å². The van der Waals surface area contributed by atoms with E-state index in [-0.39, 0.29) is 5.91 Å². The molecule has 4 nitrogen and oxygen atoms in total. The summed E-state index contributed by atoms with van der Waals surface area (Å²) in [5.41, 5.74) is 1.97. The minimum Gasteiger partial charge on any atom is -0.488 e. The summed E-state index contributed by atoms with van der Waals surface area (Å²) in [6.07, 6.45) is 3.04. The van der Waals surface area contributed by atoms with Gasteiger partial charge in [-0.2, -0.15) is 0 Å².